The van der Waals surface area contributed by atoms with Crippen molar-refractivity contribution in [1.29, 1.82) is 0 Å². The first-order valence-corrected chi connectivity index (χ1v) is 7.68. The maximum absolute atomic E-state index is 6.26. The Hall–Kier alpha value is -0.420. The molecule has 1 aromatic carbocycles. The first-order chi connectivity index (χ1) is 8.99. The number of benzene rings is 1. The van der Waals surface area contributed by atoms with E-state index in [-0.39, 0.29) is 24.3 Å². The molecule has 2 rings (SSSR count). The fourth-order valence-electron chi connectivity index (χ4n) is 2.97. The van der Waals surface area contributed by atoms with Gasteiger partial charge in [-0.1, -0.05) is 34.1 Å². The molecule has 19 heavy (non-hydrogen) atoms. The van der Waals surface area contributed by atoms with Crippen LogP contribution in [0.25, 0.3) is 0 Å². The molecule has 1 fully saturated rings. The van der Waals surface area contributed by atoms with E-state index in [0.29, 0.717) is 0 Å². The number of rotatable bonds is 3. The summed E-state index contributed by atoms with van der Waals surface area (Å²) >= 11 is 3.65. The molecular weight excluding hydrogens is 304 g/mol. The number of hydrogen-bond acceptors (Lipinski definition) is 3. The number of nitrogens with two attached hydrogens (primary N) is 1. The van der Waals surface area contributed by atoms with Crippen LogP contribution in [0.3, 0.4) is 0 Å². The van der Waals surface area contributed by atoms with Crippen LogP contribution in [0.5, 0.6) is 0 Å². The summed E-state index contributed by atoms with van der Waals surface area (Å²) in [5, 5.41) is 0. The molecule has 1 aromatic rings. The molecule has 2 N–H and O–H groups in total. The highest BCUT2D eigenvalue weighted by Gasteiger charge is 2.31. The predicted molar refractivity (Wildman–Crippen MR) is 82.1 cm³/mol. The van der Waals surface area contributed by atoms with E-state index >= 15 is 0 Å². The van der Waals surface area contributed by atoms with Crippen LogP contribution in [0.15, 0.2) is 28.7 Å². The molecular formula is C15H23BrN2O. The van der Waals surface area contributed by atoms with Gasteiger partial charge >= 0.3 is 0 Å². The number of halogens is 1. The lowest BCUT2D eigenvalue weighted by molar-refractivity contribution is -0.0832. The van der Waals surface area contributed by atoms with Crippen LogP contribution in [0.1, 0.15) is 32.4 Å². The van der Waals surface area contributed by atoms with Crippen LogP contribution < -0.4 is 5.73 Å². The molecule has 1 aliphatic heterocycles. The summed E-state index contributed by atoms with van der Waals surface area (Å²) < 4.78 is 6.95. The van der Waals surface area contributed by atoms with E-state index in [0.717, 1.165) is 17.6 Å². The van der Waals surface area contributed by atoms with Crippen LogP contribution in [-0.2, 0) is 4.74 Å². The van der Waals surface area contributed by atoms with Gasteiger partial charge in [-0.05, 0) is 32.4 Å². The molecule has 0 saturated carbocycles. The topological polar surface area (TPSA) is 38.5 Å². The van der Waals surface area contributed by atoms with Crippen LogP contribution in [0.4, 0.5) is 0 Å². The van der Waals surface area contributed by atoms with E-state index in [1.165, 1.54) is 5.56 Å². The standard InChI is InChI=1S/C15H23BrN2O/c1-10-8-18(9-11(2)19-10)15(12(3)17)13-6-4-5-7-14(13)16/h4-7,10-12,15H,8-9,17H2,1-3H3/t10-,11+,12?,15?. The SMILES string of the molecule is CC(N)C(c1ccccc1Br)N1C[C@@H](C)O[C@@H](C)C1. The average molecular weight is 327 g/mol. The quantitative estimate of drug-likeness (QED) is 0.928. The zero-order chi connectivity index (χ0) is 14.0. The van der Waals surface area contributed by atoms with E-state index in [2.05, 4.69) is 59.8 Å². The smallest absolute Gasteiger partial charge is 0.0678 e. The van der Waals surface area contributed by atoms with E-state index in [4.69, 9.17) is 10.5 Å². The van der Waals surface area contributed by atoms with Crippen molar-refractivity contribution in [2.75, 3.05) is 13.1 Å². The van der Waals surface area contributed by atoms with E-state index in [1.54, 1.807) is 0 Å². The van der Waals surface area contributed by atoms with Crippen molar-refractivity contribution in [3.8, 4) is 0 Å². The molecule has 4 atom stereocenters. The summed E-state index contributed by atoms with van der Waals surface area (Å²) in [6, 6.07) is 8.65. The molecule has 3 nitrogen and oxygen atoms in total. The monoisotopic (exact) mass is 326 g/mol. The number of ether oxygens (including phenoxy) is 1. The Kier molecular flexibility index (Phi) is 5.01. The first kappa shape index (κ1) is 15.0. The van der Waals surface area contributed by atoms with Crippen molar-refractivity contribution >= 4 is 15.9 Å². The van der Waals surface area contributed by atoms with Gasteiger partial charge in [0.05, 0.1) is 18.2 Å². The van der Waals surface area contributed by atoms with Gasteiger partial charge in [-0.3, -0.25) is 4.90 Å². The lowest BCUT2D eigenvalue weighted by atomic mass is 9.97. The van der Waals surface area contributed by atoms with Crippen molar-refractivity contribution in [3.05, 3.63) is 34.3 Å². The molecule has 0 bridgehead atoms. The van der Waals surface area contributed by atoms with E-state index in [1.807, 2.05) is 6.07 Å². The van der Waals surface area contributed by atoms with Crippen LogP contribution in [0, 0.1) is 0 Å². The predicted octanol–water partition coefficient (Wildman–Crippen LogP) is 2.95. The van der Waals surface area contributed by atoms with E-state index in [9.17, 15) is 0 Å². The third-order valence-corrected chi connectivity index (χ3v) is 4.29. The van der Waals surface area contributed by atoms with Crippen molar-refractivity contribution in [1.82, 2.24) is 4.90 Å². The maximum atomic E-state index is 6.26. The minimum absolute atomic E-state index is 0.0798. The minimum atomic E-state index is 0.0798. The van der Waals surface area contributed by atoms with Crippen LogP contribution >= 0.6 is 15.9 Å². The molecule has 1 saturated heterocycles. The third kappa shape index (κ3) is 3.57. The Morgan fingerprint density at radius 2 is 1.84 bits per heavy atom. The second-order valence-electron chi connectivity index (χ2n) is 5.54. The normalized spacial score (nSPS) is 28.1. The maximum Gasteiger partial charge on any atom is 0.0678 e. The van der Waals surface area contributed by atoms with Crippen molar-refractivity contribution in [2.45, 2.75) is 45.1 Å². The first-order valence-electron chi connectivity index (χ1n) is 6.88. The second kappa shape index (κ2) is 6.35. The molecule has 0 amide bonds. The van der Waals surface area contributed by atoms with Crippen LogP contribution in [0.2, 0.25) is 0 Å². The number of nitrogens with zero attached hydrogens (tertiary/aromatic N) is 1. The lowest BCUT2D eigenvalue weighted by Crippen LogP contribution is -2.50. The highest BCUT2D eigenvalue weighted by atomic mass is 79.9. The minimum Gasteiger partial charge on any atom is -0.373 e. The fourth-order valence-corrected chi connectivity index (χ4v) is 3.49. The van der Waals surface area contributed by atoms with Crippen LogP contribution in [-0.4, -0.2) is 36.2 Å². The van der Waals surface area contributed by atoms with Gasteiger partial charge < -0.3 is 10.5 Å². The highest BCUT2D eigenvalue weighted by Crippen LogP contribution is 2.31. The Morgan fingerprint density at radius 1 is 1.26 bits per heavy atom. The lowest BCUT2D eigenvalue weighted by Gasteiger charge is -2.42. The van der Waals surface area contributed by atoms with Gasteiger partial charge in [0, 0.05) is 23.6 Å². The Morgan fingerprint density at radius 3 is 2.37 bits per heavy atom. The van der Waals surface area contributed by atoms with Gasteiger partial charge in [0.15, 0.2) is 0 Å². The van der Waals surface area contributed by atoms with Crippen molar-refractivity contribution < 1.29 is 4.74 Å². The molecule has 4 heteroatoms. The summed E-state index contributed by atoms with van der Waals surface area (Å²) in [6.45, 7) is 8.19. The molecule has 0 aliphatic carbocycles. The molecule has 1 heterocycles. The molecule has 2 unspecified atom stereocenters. The van der Waals surface area contributed by atoms with Gasteiger partial charge in [0.25, 0.3) is 0 Å². The Bertz CT molecular complexity index is 414. The Balaban J connectivity index is 2.28. The van der Waals surface area contributed by atoms with E-state index < -0.39 is 0 Å². The molecule has 0 spiro atoms. The zero-order valence-corrected chi connectivity index (χ0v) is 13.4. The number of hydrogen-bond donors (Lipinski definition) is 1. The summed E-state index contributed by atoms with van der Waals surface area (Å²) in [5.74, 6) is 0. The summed E-state index contributed by atoms with van der Waals surface area (Å²) in [5.41, 5.74) is 7.52. The van der Waals surface area contributed by atoms with Gasteiger partial charge in [-0.15, -0.1) is 0 Å². The number of morpholine rings is 1. The fraction of sp³-hybridized carbons (Fsp3) is 0.600. The largest absolute Gasteiger partial charge is 0.373 e. The molecule has 0 radical (unpaired) electrons. The summed E-state index contributed by atoms with van der Waals surface area (Å²) in [7, 11) is 0. The molecule has 0 aromatic heterocycles. The van der Waals surface area contributed by atoms with Gasteiger partial charge in [0.1, 0.15) is 0 Å². The molecule has 1 aliphatic rings. The summed E-state index contributed by atoms with van der Waals surface area (Å²) in [6.07, 6.45) is 0.514. The third-order valence-electron chi connectivity index (χ3n) is 3.56. The second-order valence-corrected chi connectivity index (χ2v) is 6.39. The van der Waals surface area contributed by atoms with Crippen molar-refractivity contribution in [3.63, 3.8) is 0 Å². The zero-order valence-electron chi connectivity index (χ0n) is 11.8. The van der Waals surface area contributed by atoms with Gasteiger partial charge in [-0.2, -0.15) is 0 Å². The molecule has 106 valence electrons. The van der Waals surface area contributed by atoms with Gasteiger partial charge in [-0.25, -0.2) is 0 Å². The van der Waals surface area contributed by atoms with Crippen molar-refractivity contribution in [2.24, 2.45) is 5.73 Å². The summed E-state index contributed by atoms with van der Waals surface area (Å²) in [4.78, 5) is 2.45. The van der Waals surface area contributed by atoms with Gasteiger partial charge in [0.2, 0.25) is 0 Å². The average Bonchev–Trinajstić information content (AvgIpc) is 2.30. The highest BCUT2D eigenvalue weighted by molar-refractivity contribution is 9.10. The Labute approximate surface area is 124 Å².